The molecule has 1 heterocycles. The van der Waals surface area contributed by atoms with E-state index in [9.17, 15) is 9.90 Å². The van der Waals surface area contributed by atoms with Gasteiger partial charge in [-0.2, -0.15) is 5.10 Å². The predicted octanol–water partition coefficient (Wildman–Crippen LogP) is 6.75. The van der Waals surface area contributed by atoms with E-state index in [0.29, 0.717) is 24.3 Å². The summed E-state index contributed by atoms with van der Waals surface area (Å²) in [6, 6.07) is 15.0. The van der Waals surface area contributed by atoms with E-state index >= 15 is 0 Å². The summed E-state index contributed by atoms with van der Waals surface area (Å²) in [5.74, 6) is 2.47. The van der Waals surface area contributed by atoms with E-state index in [0.717, 1.165) is 80.5 Å². The number of carbonyl (C=O) groups excluding carboxylic acids is 1. The molecule has 0 spiro atoms. The van der Waals surface area contributed by atoms with E-state index in [-0.39, 0.29) is 12.5 Å². The van der Waals surface area contributed by atoms with Crippen molar-refractivity contribution in [2.24, 2.45) is 11.8 Å². The van der Waals surface area contributed by atoms with Gasteiger partial charge in [-0.05, 0) is 92.2 Å². The molecule has 2 aliphatic rings. The highest BCUT2D eigenvalue weighted by Gasteiger charge is 2.31. The summed E-state index contributed by atoms with van der Waals surface area (Å²) in [6.07, 6.45) is 14.0. The third-order valence-electron chi connectivity index (χ3n) is 8.85. The largest absolute Gasteiger partial charge is 0.496 e. The van der Waals surface area contributed by atoms with Gasteiger partial charge in [0.05, 0.1) is 26.5 Å². The van der Waals surface area contributed by atoms with Gasteiger partial charge in [0.25, 0.3) is 0 Å². The number of rotatable bonds is 9. The number of amides is 1. The second-order valence-electron chi connectivity index (χ2n) is 11.5. The highest BCUT2D eigenvalue weighted by molar-refractivity contribution is 5.95. The van der Waals surface area contributed by atoms with Crippen LogP contribution < -0.4 is 9.64 Å². The molecule has 6 heteroatoms. The molecule has 5 rings (SSSR count). The van der Waals surface area contributed by atoms with Crippen LogP contribution in [0.3, 0.4) is 0 Å². The SMILES string of the molecule is COc1ccc(C2CCC(CN(C(=O)C3CCCCC3)c3cccc(-c4cnn(CCO)c4)c3)CC2)cc1C. The summed E-state index contributed by atoms with van der Waals surface area (Å²) < 4.78 is 7.22. The minimum Gasteiger partial charge on any atom is -0.496 e. The summed E-state index contributed by atoms with van der Waals surface area (Å²) in [4.78, 5) is 16.1. The van der Waals surface area contributed by atoms with Gasteiger partial charge < -0.3 is 14.7 Å². The minimum absolute atomic E-state index is 0.0607. The lowest BCUT2D eigenvalue weighted by molar-refractivity contribution is -0.123. The fourth-order valence-corrected chi connectivity index (χ4v) is 6.58. The predicted molar refractivity (Wildman–Crippen MR) is 156 cm³/mol. The molecule has 2 aromatic carbocycles. The fraction of sp³-hybridized carbons (Fsp3) is 0.515. The molecule has 39 heavy (non-hydrogen) atoms. The molecule has 6 nitrogen and oxygen atoms in total. The topological polar surface area (TPSA) is 67.6 Å². The Morgan fingerprint density at radius 3 is 2.54 bits per heavy atom. The lowest BCUT2D eigenvalue weighted by Crippen LogP contribution is -2.41. The van der Waals surface area contributed by atoms with E-state index < -0.39 is 0 Å². The van der Waals surface area contributed by atoms with Crippen molar-refractivity contribution in [2.75, 3.05) is 25.2 Å². The number of hydrogen-bond acceptors (Lipinski definition) is 4. The van der Waals surface area contributed by atoms with Crippen LogP contribution >= 0.6 is 0 Å². The molecule has 2 saturated carbocycles. The number of aromatic nitrogens is 2. The first-order chi connectivity index (χ1) is 19.1. The molecular weight excluding hydrogens is 486 g/mol. The highest BCUT2D eigenvalue weighted by Crippen LogP contribution is 2.39. The molecule has 3 aromatic rings. The maximum absolute atomic E-state index is 14.0. The molecule has 1 aromatic heterocycles. The van der Waals surface area contributed by atoms with Crippen LogP contribution in [0.5, 0.6) is 5.75 Å². The van der Waals surface area contributed by atoms with Crippen molar-refractivity contribution < 1.29 is 14.6 Å². The quantitative estimate of drug-likeness (QED) is 0.333. The van der Waals surface area contributed by atoms with Gasteiger partial charge in [0.15, 0.2) is 0 Å². The molecule has 1 N–H and O–H groups in total. The standard InChI is InChI=1S/C33H43N3O3/c1-24-19-29(15-16-32(24)39-2)26-13-11-25(12-14-26)22-36(33(38)27-7-4-3-5-8-27)31-10-6-9-28(20-31)30-21-34-35(23-30)17-18-37/h6,9-10,15-16,19-21,23,25-27,37H,3-5,7-8,11-14,17-18,22H2,1-2H3. The Morgan fingerprint density at radius 2 is 1.82 bits per heavy atom. The van der Waals surface area contributed by atoms with Crippen LogP contribution in [-0.4, -0.2) is 41.1 Å². The first-order valence-electron chi connectivity index (χ1n) is 14.8. The molecule has 2 aliphatic carbocycles. The molecule has 0 atom stereocenters. The maximum Gasteiger partial charge on any atom is 0.230 e. The Bertz CT molecular complexity index is 1240. The van der Waals surface area contributed by atoms with E-state index in [1.807, 2.05) is 12.4 Å². The van der Waals surface area contributed by atoms with E-state index in [1.54, 1.807) is 11.8 Å². The molecule has 0 saturated heterocycles. The molecule has 0 unspecified atom stereocenters. The highest BCUT2D eigenvalue weighted by atomic mass is 16.5. The normalized spacial score (nSPS) is 20.1. The average molecular weight is 530 g/mol. The molecular formula is C33H43N3O3. The summed E-state index contributed by atoms with van der Waals surface area (Å²) in [7, 11) is 1.73. The van der Waals surface area contributed by atoms with Gasteiger partial charge in [-0.3, -0.25) is 9.48 Å². The average Bonchev–Trinajstić information content (AvgIpc) is 3.45. The molecule has 2 fully saturated rings. The van der Waals surface area contributed by atoms with Gasteiger partial charge in [0, 0.05) is 29.9 Å². The van der Waals surface area contributed by atoms with Crippen molar-refractivity contribution >= 4 is 11.6 Å². The van der Waals surface area contributed by atoms with Crippen LogP contribution in [0.15, 0.2) is 54.9 Å². The third kappa shape index (κ3) is 6.55. The zero-order chi connectivity index (χ0) is 27.2. The Labute approximate surface area is 233 Å². The first kappa shape index (κ1) is 27.4. The van der Waals surface area contributed by atoms with Crippen LogP contribution in [0, 0.1) is 18.8 Å². The van der Waals surface area contributed by atoms with Gasteiger partial charge in [0.2, 0.25) is 5.91 Å². The molecule has 0 aliphatic heterocycles. The van der Waals surface area contributed by atoms with Crippen molar-refractivity contribution in [3.8, 4) is 16.9 Å². The summed E-state index contributed by atoms with van der Waals surface area (Å²) in [5, 5.41) is 13.6. The van der Waals surface area contributed by atoms with Crippen molar-refractivity contribution in [1.82, 2.24) is 9.78 Å². The number of nitrogens with zero attached hydrogens (tertiary/aromatic N) is 3. The summed E-state index contributed by atoms with van der Waals surface area (Å²) >= 11 is 0. The van der Waals surface area contributed by atoms with E-state index in [4.69, 9.17) is 4.74 Å². The van der Waals surface area contributed by atoms with Crippen molar-refractivity contribution in [3.63, 3.8) is 0 Å². The summed E-state index contributed by atoms with van der Waals surface area (Å²) in [6.45, 7) is 3.45. The van der Waals surface area contributed by atoms with Gasteiger partial charge in [0.1, 0.15) is 5.75 Å². The van der Waals surface area contributed by atoms with Gasteiger partial charge in [-0.25, -0.2) is 0 Å². The number of anilines is 1. The van der Waals surface area contributed by atoms with Crippen molar-refractivity contribution in [1.29, 1.82) is 0 Å². The Balaban J connectivity index is 1.32. The lowest BCUT2D eigenvalue weighted by atomic mass is 9.78. The van der Waals surface area contributed by atoms with Crippen LogP contribution in [0.25, 0.3) is 11.1 Å². The zero-order valence-electron chi connectivity index (χ0n) is 23.5. The zero-order valence-corrected chi connectivity index (χ0v) is 23.5. The number of ether oxygens (including phenoxy) is 1. The van der Waals surface area contributed by atoms with Gasteiger partial charge in [-0.15, -0.1) is 0 Å². The number of aliphatic hydroxyl groups is 1. The van der Waals surface area contributed by atoms with Crippen LogP contribution in [0.2, 0.25) is 0 Å². The molecule has 0 bridgehead atoms. The Hall–Kier alpha value is -3.12. The second kappa shape index (κ2) is 12.8. The van der Waals surface area contributed by atoms with E-state index in [1.165, 1.54) is 17.5 Å². The van der Waals surface area contributed by atoms with Gasteiger partial charge in [-0.1, -0.05) is 43.5 Å². The first-order valence-corrected chi connectivity index (χ1v) is 14.8. The van der Waals surface area contributed by atoms with Crippen molar-refractivity contribution in [3.05, 3.63) is 66.0 Å². The lowest BCUT2D eigenvalue weighted by Gasteiger charge is -2.35. The molecule has 208 valence electrons. The summed E-state index contributed by atoms with van der Waals surface area (Å²) in [5.41, 5.74) is 5.66. The van der Waals surface area contributed by atoms with Gasteiger partial charge >= 0.3 is 0 Å². The number of methoxy groups -OCH3 is 1. The van der Waals surface area contributed by atoms with E-state index in [2.05, 4.69) is 59.4 Å². The molecule has 1 amide bonds. The second-order valence-corrected chi connectivity index (χ2v) is 11.5. The van der Waals surface area contributed by atoms with Crippen molar-refractivity contribution in [2.45, 2.75) is 77.2 Å². The maximum atomic E-state index is 14.0. The Kier molecular flexibility index (Phi) is 9.02. The smallest absolute Gasteiger partial charge is 0.230 e. The van der Waals surface area contributed by atoms with Crippen LogP contribution in [0.1, 0.15) is 74.8 Å². The number of benzene rings is 2. The van der Waals surface area contributed by atoms with Crippen LogP contribution in [0.4, 0.5) is 5.69 Å². The molecule has 0 radical (unpaired) electrons. The number of hydrogen-bond donors (Lipinski definition) is 1. The Morgan fingerprint density at radius 1 is 1.03 bits per heavy atom. The monoisotopic (exact) mass is 529 g/mol. The minimum atomic E-state index is 0.0607. The number of aliphatic hydroxyl groups excluding tert-OH is 1. The van der Waals surface area contributed by atoms with Crippen LogP contribution in [-0.2, 0) is 11.3 Å². The number of aryl methyl sites for hydroxylation is 1. The number of carbonyl (C=O) groups is 1. The fourth-order valence-electron chi connectivity index (χ4n) is 6.58. The third-order valence-corrected chi connectivity index (χ3v) is 8.85.